The van der Waals surface area contributed by atoms with Crippen LogP contribution in [0.1, 0.15) is 36.1 Å². The minimum atomic E-state index is 0. The van der Waals surface area contributed by atoms with Gasteiger partial charge in [0.25, 0.3) is 0 Å². The van der Waals surface area contributed by atoms with Gasteiger partial charge < -0.3 is 24.5 Å². The van der Waals surface area contributed by atoms with Crippen molar-refractivity contribution in [2.24, 2.45) is 4.99 Å². The van der Waals surface area contributed by atoms with E-state index in [0.717, 1.165) is 62.0 Å². The summed E-state index contributed by atoms with van der Waals surface area (Å²) in [6.07, 6.45) is 6.24. The lowest BCUT2D eigenvalue weighted by molar-refractivity contribution is 0.0194. The molecule has 2 aromatic rings. The monoisotopic (exact) mass is 513 g/mol. The number of halogens is 1. The van der Waals surface area contributed by atoms with Crippen molar-refractivity contribution in [2.45, 2.75) is 45.3 Å². The molecule has 0 aliphatic carbocycles. The number of benzene rings is 1. The average molecular weight is 513 g/mol. The topological polar surface area (TPSA) is 68.0 Å². The number of furan rings is 1. The summed E-state index contributed by atoms with van der Waals surface area (Å²) in [5.41, 5.74) is 2.24. The number of hydrogen-bond acceptors (Lipinski definition) is 4. The minimum Gasteiger partial charge on any atom is -0.496 e. The van der Waals surface area contributed by atoms with Gasteiger partial charge in [-0.25, -0.2) is 4.99 Å². The maximum Gasteiger partial charge on any atom is 0.191 e. The summed E-state index contributed by atoms with van der Waals surface area (Å²) in [6.45, 7) is 4.97. The third-order valence-electron chi connectivity index (χ3n) is 4.87. The first-order valence-electron chi connectivity index (χ1n) is 10.0. The molecule has 7 heteroatoms. The van der Waals surface area contributed by atoms with Gasteiger partial charge in [-0.1, -0.05) is 12.1 Å². The van der Waals surface area contributed by atoms with Gasteiger partial charge in [-0.05, 0) is 49.9 Å². The van der Waals surface area contributed by atoms with Gasteiger partial charge in [0, 0.05) is 31.7 Å². The summed E-state index contributed by atoms with van der Waals surface area (Å²) >= 11 is 0. The van der Waals surface area contributed by atoms with Crippen LogP contribution in [0, 0.1) is 6.92 Å². The Balaban J connectivity index is 0.00000300. The number of rotatable bonds is 8. The Morgan fingerprint density at radius 2 is 2.14 bits per heavy atom. The zero-order valence-electron chi connectivity index (χ0n) is 17.3. The first kappa shape index (κ1) is 23.5. The predicted octanol–water partition coefficient (Wildman–Crippen LogP) is 4.06. The van der Waals surface area contributed by atoms with Gasteiger partial charge in [-0.2, -0.15) is 0 Å². The summed E-state index contributed by atoms with van der Waals surface area (Å²) in [5, 5.41) is 6.83. The van der Waals surface area contributed by atoms with Crippen molar-refractivity contribution in [1.82, 2.24) is 10.6 Å². The van der Waals surface area contributed by atoms with Crippen LogP contribution in [-0.4, -0.2) is 38.9 Å². The lowest BCUT2D eigenvalue weighted by Gasteiger charge is -2.24. The van der Waals surface area contributed by atoms with E-state index in [1.807, 2.05) is 18.2 Å². The van der Waals surface area contributed by atoms with Crippen LogP contribution >= 0.6 is 24.0 Å². The molecule has 3 rings (SSSR count). The van der Waals surface area contributed by atoms with Crippen LogP contribution < -0.4 is 15.4 Å². The lowest BCUT2D eigenvalue weighted by atomic mass is 10.1. The Bertz CT molecular complexity index is 744. The van der Waals surface area contributed by atoms with Gasteiger partial charge in [0.05, 0.1) is 26.0 Å². The van der Waals surface area contributed by atoms with Crippen LogP contribution in [0.3, 0.4) is 0 Å². The van der Waals surface area contributed by atoms with E-state index in [0.29, 0.717) is 6.54 Å². The number of methoxy groups -OCH3 is 1. The van der Waals surface area contributed by atoms with E-state index < -0.39 is 0 Å². The molecule has 6 nitrogen and oxygen atoms in total. The van der Waals surface area contributed by atoms with E-state index in [1.54, 1.807) is 13.4 Å². The molecule has 29 heavy (non-hydrogen) atoms. The second-order valence-corrected chi connectivity index (χ2v) is 7.11. The fourth-order valence-corrected chi connectivity index (χ4v) is 3.26. The highest BCUT2D eigenvalue weighted by Gasteiger charge is 2.14. The minimum absolute atomic E-state index is 0. The maximum atomic E-state index is 5.82. The quantitative estimate of drug-likeness (QED) is 0.317. The molecular formula is C22H32IN3O3. The molecule has 1 saturated heterocycles. The summed E-state index contributed by atoms with van der Waals surface area (Å²) in [4.78, 5) is 4.76. The smallest absolute Gasteiger partial charge is 0.191 e. The van der Waals surface area contributed by atoms with Crippen LogP contribution in [-0.2, 0) is 17.7 Å². The second-order valence-electron chi connectivity index (χ2n) is 7.11. The Hall–Kier alpha value is -1.74. The van der Waals surface area contributed by atoms with Crippen molar-refractivity contribution in [2.75, 3.05) is 26.8 Å². The highest BCUT2D eigenvalue weighted by atomic mass is 127. The van der Waals surface area contributed by atoms with Gasteiger partial charge in [0.15, 0.2) is 5.96 Å². The first-order valence-corrected chi connectivity index (χ1v) is 10.0. The molecule has 1 atom stereocenters. The highest BCUT2D eigenvalue weighted by Crippen LogP contribution is 2.20. The lowest BCUT2D eigenvalue weighted by Crippen LogP contribution is -2.43. The van der Waals surface area contributed by atoms with E-state index >= 15 is 0 Å². The molecule has 1 aliphatic heterocycles. The van der Waals surface area contributed by atoms with Crippen LogP contribution in [0.5, 0.6) is 5.75 Å². The molecule has 1 unspecified atom stereocenters. The number of nitrogens with one attached hydrogen (secondary N) is 2. The van der Waals surface area contributed by atoms with Crippen LogP contribution in [0.15, 0.2) is 46.0 Å². The molecule has 1 aromatic carbocycles. The fourth-order valence-electron chi connectivity index (χ4n) is 3.26. The summed E-state index contributed by atoms with van der Waals surface area (Å²) in [6, 6.07) is 10.1. The zero-order chi connectivity index (χ0) is 19.6. The summed E-state index contributed by atoms with van der Waals surface area (Å²) < 4.78 is 16.7. The molecule has 0 spiro atoms. The average Bonchev–Trinajstić information content (AvgIpc) is 3.24. The van der Waals surface area contributed by atoms with E-state index in [2.05, 4.69) is 29.7 Å². The normalized spacial score (nSPS) is 16.8. The number of guanidine groups is 1. The molecule has 0 bridgehead atoms. The molecule has 0 amide bonds. The largest absolute Gasteiger partial charge is 0.496 e. The Kier molecular flexibility index (Phi) is 10.3. The predicted molar refractivity (Wildman–Crippen MR) is 126 cm³/mol. The highest BCUT2D eigenvalue weighted by molar-refractivity contribution is 14.0. The van der Waals surface area contributed by atoms with Crippen molar-refractivity contribution in [3.05, 3.63) is 53.5 Å². The number of hydrogen-bond donors (Lipinski definition) is 2. The second kappa shape index (κ2) is 12.7. The molecule has 1 fully saturated rings. The first-order chi connectivity index (χ1) is 13.7. The van der Waals surface area contributed by atoms with Gasteiger partial charge in [-0.3, -0.25) is 0 Å². The molecule has 160 valence electrons. The van der Waals surface area contributed by atoms with Crippen LogP contribution in [0.4, 0.5) is 0 Å². The van der Waals surface area contributed by atoms with Gasteiger partial charge in [-0.15, -0.1) is 24.0 Å². The van der Waals surface area contributed by atoms with Gasteiger partial charge in [0.1, 0.15) is 11.5 Å². The van der Waals surface area contributed by atoms with Crippen LogP contribution in [0.2, 0.25) is 0 Å². The number of nitrogens with zero attached hydrogens (tertiary/aromatic N) is 1. The van der Waals surface area contributed by atoms with E-state index in [1.165, 1.54) is 12.0 Å². The summed E-state index contributed by atoms with van der Waals surface area (Å²) in [5.74, 6) is 2.61. The standard InChI is InChI=1S/C22H31N3O3.HI/c1-17-8-9-18(21(14-17)26-2)15-24-22(23-11-10-19-7-5-13-27-19)25-16-20-6-3-4-12-28-20;/h5,7-9,13-14,20H,3-4,6,10-12,15-16H2,1-2H3,(H2,23,24,25);1H. The van der Waals surface area contributed by atoms with E-state index in [-0.39, 0.29) is 30.1 Å². The number of ether oxygens (including phenoxy) is 2. The SMILES string of the molecule is COc1cc(C)ccc1CN=C(NCCc1ccco1)NCC1CCCCO1.I. The Morgan fingerprint density at radius 1 is 1.24 bits per heavy atom. The molecular weight excluding hydrogens is 481 g/mol. The number of aryl methyl sites for hydroxylation is 1. The molecule has 1 aromatic heterocycles. The molecule has 2 N–H and O–H groups in total. The van der Waals surface area contributed by atoms with Crippen molar-refractivity contribution >= 4 is 29.9 Å². The van der Waals surface area contributed by atoms with Crippen molar-refractivity contribution < 1.29 is 13.9 Å². The van der Waals surface area contributed by atoms with E-state index in [4.69, 9.17) is 18.9 Å². The fraction of sp³-hybridized carbons (Fsp3) is 0.500. The molecule has 2 heterocycles. The summed E-state index contributed by atoms with van der Waals surface area (Å²) in [7, 11) is 1.70. The third kappa shape index (κ3) is 7.89. The van der Waals surface area contributed by atoms with Crippen LogP contribution in [0.25, 0.3) is 0 Å². The van der Waals surface area contributed by atoms with E-state index in [9.17, 15) is 0 Å². The molecule has 1 aliphatic rings. The maximum absolute atomic E-state index is 5.82. The Labute approximate surface area is 190 Å². The molecule has 0 radical (unpaired) electrons. The van der Waals surface area contributed by atoms with Crippen molar-refractivity contribution in [3.8, 4) is 5.75 Å². The van der Waals surface area contributed by atoms with Crippen molar-refractivity contribution in [1.29, 1.82) is 0 Å². The third-order valence-corrected chi connectivity index (χ3v) is 4.87. The number of aliphatic imine (C=N–C) groups is 1. The molecule has 0 saturated carbocycles. The van der Waals surface area contributed by atoms with Gasteiger partial charge >= 0.3 is 0 Å². The zero-order valence-corrected chi connectivity index (χ0v) is 19.6. The van der Waals surface area contributed by atoms with Crippen molar-refractivity contribution in [3.63, 3.8) is 0 Å². The van der Waals surface area contributed by atoms with Gasteiger partial charge in [0.2, 0.25) is 0 Å². The Morgan fingerprint density at radius 3 is 2.86 bits per heavy atom.